The third-order valence-corrected chi connectivity index (χ3v) is 4.73. The molecule has 1 aromatic carbocycles. The standard InChI is InChI=1S/C21H21N5O3/c1-14-10-19(29-17-5-3-4-16(11-17)28-2)25-20(24-14)15-6-9-26(13-15)21(27)18-12-22-7-8-23-18/h3-5,7-8,10-12,15H,6,9,13H2,1-2H3. The molecule has 1 unspecified atom stereocenters. The number of methoxy groups -OCH3 is 1. The SMILES string of the molecule is COc1cccc(Oc2cc(C)nc(C3CCN(C(=O)c4cnccn4)C3)n2)c1. The Morgan fingerprint density at radius 1 is 1.17 bits per heavy atom. The van der Waals surface area contributed by atoms with E-state index in [0.717, 1.165) is 12.1 Å². The van der Waals surface area contributed by atoms with Crippen molar-refractivity contribution in [2.75, 3.05) is 20.2 Å². The van der Waals surface area contributed by atoms with Crippen molar-refractivity contribution in [3.05, 3.63) is 66.1 Å². The van der Waals surface area contributed by atoms with Gasteiger partial charge in [0.15, 0.2) is 0 Å². The Morgan fingerprint density at radius 2 is 2.03 bits per heavy atom. The van der Waals surface area contributed by atoms with E-state index >= 15 is 0 Å². The minimum Gasteiger partial charge on any atom is -0.497 e. The number of aromatic nitrogens is 4. The van der Waals surface area contributed by atoms with Crippen LogP contribution in [0, 0.1) is 6.92 Å². The molecule has 0 aliphatic carbocycles. The second-order valence-electron chi connectivity index (χ2n) is 6.81. The lowest BCUT2D eigenvalue weighted by atomic mass is 10.1. The minimum atomic E-state index is -0.124. The fourth-order valence-corrected chi connectivity index (χ4v) is 3.31. The minimum absolute atomic E-state index is 0.0446. The second kappa shape index (κ2) is 8.22. The molecule has 8 heteroatoms. The lowest BCUT2D eigenvalue weighted by Gasteiger charge is -2.16. The fraction of sp³-hybridized carbons (Fsp3) is 0.286. The van der Waals surface area contributed by atoms with Crippen molar-refractivity contribution in [3.8, 4) is 17.4 Å². The highest BCUT2D eigenvalue weighted by Crippen LogP contribution is 2.29. The van der Waals surface area contributed by atoms with Crippen molar-refractivity contribution >= 4 is 5.91 Å². The van der Waals surface area contributed by atoms with Gasteiger partial charge in [0.1, 0.15) is 23.0 Å². The quantitative estimate of drug-likeness (QED) is 0.660. The Kier molecular flexibility index (Phi) is 5.33. The Hall–Kier alpha value is -3.55. The predicted molar refractivity (Wildman–Crippen MR) is 105 cm³/mol. The fourth-order valence-electron chi connectivity index (χ4n) is 3.31. The first-order valence-corrected chi connectivity index (χ1v) is 9.35. The molecular formula is C21H21N5O3. The van der Waals surface area contributed by atoms with Gasteiger partial charge in [-0.1, -0.05) is 6.07 Å². The lowest BCUT2D eigenvalue weighted by Crippen LogP contribution is -2.29. The number of carbonyl (C=O) groups excluding carboxylic acids is 1. The lowest BCUT2D eigenvalue weighted by molar-refractivity contribution is 0.0784. The van der Waals surface area contributed by atoms with Crippen LogP contribution in [-0.4, -0.2) is 50.9 Å². The first-order chi connectivity index (χ1) is 14.1. The van der Waals surface area contributed by atoms with E-state index in [-0.39, 0.29) is 11.8 Å². The molecule has 148 valence electrons. The van der Waals surface area contributed by atoms with Crippen LogP contribution >= 0.6 is 0 Å². The third kappa shape index (κ3) is 4.31. The molecule has 3 aromatic rings. The monoisotopic (exact) mass is 391 g/mol. The average molecular weight is 391 g/mol. The molecule has 0 N–H and O–H groups in total. The number of aryl methyl sites for hydroxylation is 1. The number of hydrogen-bond acceptors (Lipinski definition) is 7. The van der Waals surface area contributed by atoms with E-state index < -0.39 is 0 Å². The highest BCUT2D eigenvalue weighted by molar-refractivity contribution is 5.92. The first kappa shape index (κ1) is 18.8. The summed E-state index contributed by atoms with van der Waals surface area (Å²) in [4.78, 5) is 31.6. The van der Waals surface area contributed by atoms with Gasteiger partial charge in [0.05, 0.1) is 13.3 Å². The van der Waals surface area contributed by atoms with Crippen molar-refractivity contribution in [2.45, 2.75) is 19.3 Å². The van der Waals surface area contributed by atoms with Gasteiger partial charge in [0.2, 0.25) is 5.88 Å². The van der Waals surface area contributed by atoms with Crippen molar-refractivity contribution < 1.29 is 14.3 Å². The van der Waals surface area contributed by atoms with Crippen LogP contribution in [0.2, 0.25) is 0 Å². The van der Waals surface area contributed by atoms with Crippen LogP contribution in [0.1, 0.15) is 34.3 Å². The normalized spacial score (nSPS) is 15.9. The van der Waals surface area contributed by atoms with Crippen molar-refractivity contribution in [2.24, 2.45) is 0 Å². The molecule has 1 saturated heterocycles. The summed E-state index contributed by atoms with van der Waals surface area (Å²) >= 11 is 0. The van der Waals surface area contributed by atoms with Crippen molar-refractivity contribution in [1.82, 2.24) is 24.8 Å². The summed E-state index contributed by atoms with van der Waals surface area (Å²) < 4.78 is 11.1. The second-order valence-corrected chi connectivity index (χ2v) is 6.81. The summed E-state index contributed by atoms with van der Waals surface area (Å²) in [6.07, 6.45) is 5.34. The molecule has 0 radical (unpaired) electrons. The number of nitrogens with zero attached hydrogens (tertiary/aromatic N) is 5. The summed E-state index contributed by atoms with van der Waals surface area (Å²) in [5, 5.41) is 0. The van der Waals surface area contributed by atoms with Crippen LogP contribution < -0.4 is 9.47 Å². The largest absolute Gasteiger partial charge is 0.497 e. The molecule has 29 heavy (non-hydrogen) atoms. The maximum absolute atomic E-state index is 12.6. The molecule has 3 heterocycles. The topological polar surface area (TPSA) is 90.3 Å². The van der Waals surface area contributed by atoms with Gasteiger partial charge in [-0.25, -0.2) is 9.97 Å². The molecule has 2 aromatic heterocycles. The molecule has 4 rings (SSSR count). The molecule has 0 saturated carbocycles. The van der Waals surface area contributed by atoms with Crippen LogP contribution in [0.25, 0.3) is 0 Å². The van der Waals surface area contributed by atoms with Gasteiger partial charge in [-0.15, -0.1) is 0 Å². The summed E-state index contributed by atoms with van der Waals surface area (Å²) in [5.41, 5.74) is 1.16. The molecule has 1 fully saturated rings. The van der Waals surface area contributed by atoms with Crippen LogP contribution in [-0.2, 0) is 0 Å². The zero-order valence-corrected chi connectivity index (χ0v) is 16.3. The average Bonchev–Trinajstić information content (AvgIpc) is 3.24. The Balaban J connectivity index is 1.50. The predicted octanol–water partition coefficient (Wildman–Crippen LogP) is 3.01. The van der Waals surface area contributed by atoms with Crippen LogP contribution in [0.4, 0.5) is 0 Å². The number of likely N-dealkylation sites (tertiary alicyclic amines) is 1. The number of amides is 1. The van der Waals surface area contributed by atoms with Gasteiger partial charge in [-0.05, 0) is 25.5 Å². The third-order valence-electron chi connectivity index (χ3n) is 4.73. The summed E-state index contributed by atoms with van der Waals surface area (Å²) in [5.74, 6) is 2.42. The zero-order chi connectivity index (χ0) is 20.2. The molecule has 1 atom stereocenters. The summed E-state index contributed by atoms with van der Waals surface area (Å²) in [7, 11) is 1.61. The highest BCUT2D eigenvalue weighted by Gasteiger charge is 2.30. The number of benzene rings is 1. The van der Waals surface area contributed by atoms with Crippen LogP contribution in [0.15, 0.2) is 48.9 Å². The van der Waals surface area contributed by atoms with E-state index in [1.807, 2.05) is 25.1 Å². The van der Waals surface area contributed by atoms with Crippen molar-refractivity contribution in [1.29, 1.82) is 0 Å². The van der Waals surface area contributed by atoms with Gasteiger partial charge in [-0.2, -0.15) is 4.98 Å². The van der Waals surface area contributed by atoms with E-state index in [2.05, 4.69) is 19.9 Å². The van der Waals surface area contributed by atoms with Gasteiger partial charge in [0.25, 0.3) is 5.91 Å². The summed E-state index contributed by atoms with van der Waals surface area (Å²) in [6, 6.07) is 9.14. The zero-order valence-electron chi connectivity index (χ0n) is 16.3. The van der Waals surface area contributed by atoms with Gasteiger partial charge >= 0.3 is 0 Å². The van der Waals surface area contributed by atoms with Gasteiger partial charge in [0, 0.05) is 49.2 Å². The Morgan fingerprint density at radius 3 is 2.83 bits per heavy atom. The smallest absolute Gasteiger partial charge is 0.274 e. The number of ether oxygens (including phenoxy) is 2. The molecule has 1 aliphatic rings. The summed E-state index contributed by atoms with van der Waals surface area (Å²) in [6.45, 7) is 3.07. The van der Waals surface area contributed by atoms with Crippen LogP contribution in [0.3, 0.4) is 0 Å². The molecular weight excluding hydrogens is 370 g/mol. The van der Waals surface area contributed by atoms with Crippen molar-refractivity contribution in [3.63, 3.8) is 0 Å². The van der Waals surface area contributed by atoms with Crippen LogP contribution in [0.5, 0.6) is 17.4 Å². The maximum Gasteiger partial charge on any atom is 0.274 e. The van der Waals surface area contributed by atoms with E-state index in [0.29, 0.717) is 42.0 Å². The molecule has 1 amide bonds. The molecule has 8 nitrogen and oxygen atoms in total. The highest BCUT2D eigenvalue weighted by atomic mass is 16.5. The molecule has 0 bridgehead atoms. The molecule has 0 spiro atoms. The van der Waals surface area contributed by atoms with E-state index in [9.17, 15) is 4.79 Å². The number of rotatable bonds is 5. The van der Waals surface area contributed by atoms with E-state index in [1.54, 1.807) is 30.3 Å². The van der Waals surface area contributed by atoms with E-state index in [4.69, 9.17) is 9.47 Å². The Labute approximate surface area is 168 Å². The molecule has 1 aliphatic heterocycles. The Bertz CT molecular complexity index is 1010. The number of hydrogen-bond donors (Lipinski definition) is 0. The number of carbonyl (C=O) groups is 1. The van der Waals surface area contributed by atoms with Gasteiger partial charge in [-0.3, -0.25) is 9.78 Å². The van der Waals surface area contributed by atoms with E-state index in [1.165, 1.54) is 12.4 Å². The van der Waals surface area contributed by atoms with Gasteiger partial charge < -0.3 is 14.4 Å². The first-order valence-electron chi connectivity index (χ1n) is 9.35. The maximum atomic E-state index is 12.6.